The highest BCUT2D eigenvalue weighted by Gasteiger charge is 2.27. The van der Waals surface area contributed by atoms with E-state index in [4.69, 9.17) is 9.84 Å². The molecule has 3 amide bonds. The third kappa shape index (κ3) is 6.45. The lowest BCUT2D eigenvalue weighted by molar-refractivity contribution is -0.138. The lowest BCUT2D eigenvalue weighted by Gasteiger charge is -2.26. The normalized spacial score (nSPS) is 15.7. The fraction of sp³-hybridized carbons (Fsp3) is 0.375. The minimum absolute atomic E-state index is 0.00926. The number of carboxylic acids is 1. The number of amides is 3. The summed E-state index contributed by atoms with van der Waals surface area (Å²) in [5.74, 6) is -0.361. The predicted octanol–water partition coefficient (Wildman–Crippen LogP) is 3.41. The Labute approximate surface area is 193 Å². The van der Waals surface area contributed by atoms with E-state index in [-0.39, 0.29) is 18.4 Å². The van der Waals surface area contributed by atoms with Crippen molar-refractivity contribution in [1.29, 1.82) is 0 Å². The SMILES string of the molecule is COc1cc(N(CC2CCN(CC(=O)O)C2)C(C)=O)ccc1NC(=O)Nc1ccccc1C. The number of benzene rings is 2. The fourth-order valence-corrected chi connectivity index (χ4v) is 4.01. The van der Waals surface area contributed by atoms with Gasteiger partial charge in [-0.25, -0.2) is 4.79 Å². The number of likely N-dealkylation sites (tertiary alicyclic amines) is 1. The molecule has 33 heavy (non-hydrogen) atoms. The number of aryl methyl sites for hydroxylation is 1. The third-order valence-corrected chi connectivity index (χ3v) is 5.69. The first-order valence-corrected chi connectivity index (χ1v) is 10.8. The van der Waals surface area contributed by atoms with Gasteiger partial charge < -0.3 is 25.4 Å². The number of rotatable bonds is 8. The van der Waals surface area contributed by atoms with Gasteiger partial charge >= 0.3 is 12.0 Å². The van der Waals surface area contributed by atoms with Crippen LogP contribution >= 0.6 is 0 Å². The molecule has 176 valence electrons. The maximum absolute atomic E-state index is 12.5. The van der Waals surface area contributed by atoms with E-state index in [1.807, 2.05) is 36.1 Å². The van der Waals surface area contributed by atoms with Crippen molar-refractivity contribution in [3.63, 3.8) is 0 Å². The first-order chi connectivity index (χ1) is 15.8. The molecule has 1 heterocycles. The first-order valence-electron chi connectivity index (χ1n) is 10.8. The number of hydrogen-bond acceptors (Lipinski definition) is 5. The number of nitrogens with one attached hydrogen (secondary N) is 2. The summed E-state index contributed by atoms with van der Waals surface area (Å²) in [5.41, 5.74) is 2.79. The van der Waals surface area contributed by atoms with E-state index in [0.29, 0.717) is 42.4 Å². The Hall–Kier alpha value is -3.59. The molecule has 0 spiro atoms. The molecule has 1 atom stereocenters. The molecule has 1 aliphatic rings. The van der Waals surface area contributed by atoms with Gasteiger partial charge in [-0.3, -0.25) is 14.5 Å². The second-order valence-corrected chi connectivity index (χ2v) is 8.19. The lowest BCUT2D eigenvalue weighted by Crippen LogP contribution is -2.35. The van der Waals surface area contributed by atoms with Crippen LogP contribution in [0.15, 0.2) is 42.5 Å². The Balaban J connectivity index is 1.70. The van der Waals surface area contributed by atoms with Crippen LogP contribution in [-0.4, -0.2) is 61.2 Å². The molecule has 1 fully saturated rings. The number of methoxy groups -OCH3 is 1. The van der Waals surface area contributed by atoms with Crippen molar-refractivity contribution in [3.8, 4) is 5.75 Å². The van der Waals surface area contributed by atoms with Crippen LogP contribution in [0.3, 0.4) is 0 Å². The van der Waals surface area contributed by atoms with Crippen molar-refractivity contribution >= 4 is 35.0 Å². The average molecular weight is 455 g/mol. The first kappa shape index (κ1) is 24.1. The molecule has 2 aromatic carbocycles. The van der Waals surface area contributed by atoms with Gasteiger partial charge in [-0.05, 0) is 49.6 Å². The highest BCUT2D eigenvalue weighted by Crippen LogP contribution is 2.31. The molecule has 0 aromatic heterocycles. The zero-order valence-electron chi connectivity index (χ0n) is 19.1. The second-order valence-electron chi connectivity index (χ2n) is 8.19. The van der Waals surface area contributed by atoms with E-state index in [0.717, 1.165) is 12.0 Å². The largest absolute Gasteiger partial charge is 0.494 e. The third-order valence-electron chi connectivity index (χ3n) is 5.69. The quantitative estimate of drug-likeness (QED) is 0.564. The van der Waals surface area contributed by atoms with Gasteiger partial charge in [0.05, 0.1) is 19.3 Å². The highest BCUT2D eigenvalue weighted by atomic mass is 16.5. The van der Waals surface area contributed by atoms with Gasteiger partial charge in [0, 0.05) is 37.5 Å². The zero-order chi connectivity index (χ0) is 24.0. The van der Waals surface area contributed by atoms with Crippen LogP contribution in [0.2, 0.25) is 0 Å². The zero-order valence-corrected chi connectivity index (χ0v) is 19.1. The molecule has 1 unspecified atom stereocenters. The van der Waals surface area contributed by atoms with Gasteiger partial charge in [0.25, 0.3) is 0 Å². The molecule has 9 nitrogen and oxygen atoms in total. The Morgan fingerprint density at radius 1 is 1.15 bits per heavy atom. The number of carboxylic acid groups (broad SMARTS) is 1. The van der Waals surface area contributed by atoms with E-state index >= 15 is 0 Å². The summed E-state index contributed by atoms with van der Waals surface area (Å²) in [4.78, 5) is 39.4. The van der Waals surface area contributed by atoms with Crippen LogP contribution in [-0.2, 0) is 9.59 Å². The van der Waals surface area contributed by atoms with Gasteiger partial charge in [0.1, 0.15) is 5.75 Å². The van der Waals surface area contributed by atoms with Crippen molar-refractivity contribution in [3.05, 3.63) is 48.0 Å². The Morgan fingerprint density at radius 2 is 1.88 bits per heavy atom. The summed E-state index contributed by atoms with van der Waals surface area (Å²) in [6.07, 6.45) is 0.826. The number of anilines is 3. The van der Waals surface area contributed by atoms with Gasteiger partial charge in [0.2, 0.25) is 5.91 Å². The predicted molar refractivity (Wildman–Crippen MR) is 127 cm³/mol. The monoisotopic (exact) mass is 454 g/mol. The standard InChI is InChI=1S/C24H30N4O5/c1-16-6-4-5-7-20(16)25-24(32)26-21-9-8-19(12-22(21)33-3)28(17(2)29)14-18-10-11-27(13-18)15-23(30)31/h4-9,12,18H,10-11,13-15H2,1-3H3,(H,30,31)(H2,25,26,32). The summed E-state index contributed by atoms with van der Waals surface area (Å²) in [6, 6.07) is 12.3. The van der Waals surface area contributed by atoms with Crippen LogP contribution in [0.25, 0.3) is 0 Å². The maximum Gasteiger partial charge on any atom is 0.323 e. The number of aliphatic carboxylic acids is 1. The second kappa shape index (κ2) is 10.8. The van der Waals surface area contributed by atoms with Crippen LogP contribution in [0.1, 0.15) is 18.9 Å². The minimum atomic E-state index is -0.849. The Kier molecular flexibility index (Phi) is 7.89. The number of nitrogens with zero attached hydrogens (tertiary/aromatic N) is 2. The van der Waals surface area contributed by atoms with E-state index in [2.05, 4.69) is 10.6 Å². The molecule has 3 rings (SSSR count). The van der Waals surface area contributed by atoms with Crippen molar-refractivity contribution in [2.24, 2.45) is 5.92 Å². The summed E-state index contributed by atoms with van der Waals surface area (Å²) in [7, 11) is 1.50. The summed E-state index contributed by atoms with van der Waals surface area (Å²) < 4.78 is 5.47. The van der Waals surface area contributed by atoms with Crippen molar-refractivity contribution in [2.45, 2.75) is 20.3 Å². The molecule has 0 aliphatic carbocycles. The molecule has 0 bridgehead atoms. The van der Waals surface area contributed by atoms with E-state index < -0.39 is 12.0 Å². The molecular formula is C24H30N4O5. The Bertz CT molecular complexity index is 1030. The van der Waals surface area contributed by atoms with Crippen LogP contribution < -0.4 is 20.3 Å². The molecule has 0 saturated carbocycles. The van der Waals surface area contributed by atoms with Gasteiger partial charge in [0.15, 0.2) is 0 Å². The molecule has 2 aromatic rings. The Morgan fingerprint density at radius 3 is 2.55 bits per heavy atom. The number of para-hydroxylation sites is 1. The number of carbonyl (C=O) groups is 3. The summed E-state index contributed by atoms with van der Waals surface area (Å²) >= 11 is 0. The molecule has 1 aliphatic heterocycles. The lowest BCUT2D eigenvalue weighted by atomic mass is 10.1. The summed E-state index contributed by atoms with van der Waals surface area (Å²) in [5, 5.41) is 14.6. The van der Waals surface area contributed by atoms with Gasteiger partial charge in [-0.1, -0.05) is 18.2 Å². The van der Waals surface area contributed by atoms with Crippen molar-refractivity contribution in [2.75, 3.05) is 48.8 Å². The molecular weight excluding hydrogens is 424 g/mol. The van der Waals surface area contributed by atoms with Crippen LogP contribution in [0.4, 0.5) is 21.9 Å². The minimum Gasteiger partial charge on any atom is -0.494 e. The van der Waals surface area contributed by atoms with Gasteiger partial charge in [-0.2, -0.15) is 0 Å². The molecule has 0 radical (unpaired) electrons. The topological polar surface area (TPSA) is 111 Å². The number of ether oxygens (including phenoxy) is 1. The van der Waals surface area contributed by atoms with Gasteiger partial charge in [-0.15, -0.1) is 0 Å². The molecule has 1 saturated heterocycles. The van der Waals surface area contributed by atoms with Crippen LogP contribution in [0.5, 0.6) is 5.75 Å². The smallest absolute Gasteiger partial charge is 0.323 e. The van der Waals surface area contributed by atoms with E-state index in [1.54, 1.807) is 23.1 Å². The number of hydrogen-bond donors (Lipinski definition) is 3. The highest BCUT2D eigenvalue weighted by molar-refractivity contribution is 6.01. The van der Waals surface area contributed by atoms with Crippen LogP contribution in [0, 0.1) is 12.8 Å². The molecule has 9 heteroatoms. The van der Waals surface area contributed by atoms with Crippen molar-refractivity contribution in [1.82, 2.24) is 4.90 Å². The average Bonchev–Trinajstić information content (AvgIpc) is 3.20. The maximum atomic E-state index is 12.5. The van der Waals surface area contributed by atoms with E-state index in [9.17, 15) is 14.4 Å². The van der Waals surface area contributed by atoms with E-state index in [1.165, 1.54) is 14.0 Å². The summed E-state index contributed by atoms with van der Waals surface area (Å²) in [6.45, 7) is 5.23. The number of urea groups is 1. The molecule has 3 N–H and O–H groups in total. The fourth-order valence-electron chi connectivity index (χ4n) is 4.01. The van der Waals surface area contributed by atoms with Crippen molar-refractivity contribution < 1.29 is 24.2 Å². The number of carbonyl (C=O) groups excluding carboxylic acids is 2.